The maximum Gasteiger partial charge on any atom is 0.255 e. The van der Waals surface area contributed by atoms with Crippen molar-refractivity contribution in [1.82, 2.24) is 9.88 Å². The fourth-order valence-electron chi connectivity index (χ4n) is 1.56. The van der Waals surface area contributed by atoms with E-state index in [1.807, 2.05) is 6.92 Å². The number of hydrogen-bond acceptors (Lipinski definition) is 4. The molecule has 1 aromatic heterocycles. The van der Waals surface area contributed by atoms with Gasteiger partial charge in [-0.05, 0) is 26.0 Å². The monoisotopic (exact) mass is 246 g/mol. The standard InChI is InChI=1S/C13H18N4O/c1-4-15-12-6-5-11(8-16-12)13(18)17(3)9-10(2)7-14/h5-6,8,10H,4,9H2,1-3H3,(H,15,16). The molecule has 0 aliphatic heterocycles. The first-order valence-corrected chi connectivity index (χ1v) is 5.93. The number of aromatic nitrogens is 1. The van der Waals surface area contributed by atoms with Crippen molar-refractivity contribution in [3.05, 3.63) is 23.9 Å². The van der Waals surface area contributed by atoms with Crippen molar-refractivity contribution >= 4 is 11.7 Å². The molecular formula is C13H18N4O. The molecule has 0 spiro atoms. The predicted octanol–water partition coefficient (Wildman–Crippen LogP) is 1.75. The maximum absolute atomic E-state index is 12.0. The van der Waals surface area contributed by atoms with E-state index in [1.54, 1.807) is 32.3 Å². The molecule has 0 fully saturated rings. The summed E-state index contributed by atoms with van der Waals surface area (Å²) in [6.07, 6.45) is 1.55. The Kier molecular flexibility index (Phi) is 5.12. The fourth-order valence-corrected chi connectivity index (χ4v) is 1.56. The Hall–Kier alpha value is -2.09. The number of hydrogen-bond donors (Lipinski definition) is 1. The normalized spacial score (nSPS) is 11.4. The highest BCUT2D eigenvalue weighted by molar-refractivity contribution is 5.93. The van der Waals surface area contributed by atoms with Gasteiger partial charge in [0, 0.05) is 26.3 Å². The lowest BCUT2D eigenvalue weighted by atomic mass is 10.2. The third kappa shape index (κ3) is 3.74. The van der Waals surface area contributed by atoms with Gasteiger partial charge in [0.15, 0.2) is 0 Å². The lowest BCUT2D eigenvalue weighted by molar-refractivity contribution is 0.0784. The molecule has 0 radical (unpaired) electrons. The van der Waals surface area contributed by atoms with Crippen LogP contribution in [0.15, 0.2) is 18.3 Å². The molecule has 1 heterocycles. The highest BCUT2D eigenvalue weighted by Gasteiger charge is 2.14. The molecule has 1 rings (SSSR count). The van der Waals surface area contributed by atoms with Crippen molar-refractivity contribution in [2.75, 3.05) is 25.5 Å². The molecule has 0 saturated heterocycles. The summed E-state index contributed by atoms with van der Waals surface area (Å²) in [5.41, 5.74) is 0.532. The van der Waals surface area contributed by atoms with Gasteiger partial charge in [-0.15, -0.1) is 0 Å². The van der Waals surface area contributed by atoms with Crippen LogP contribution in [0.25, 0.3) is 0 Å². The van der Waals surface area contributed by atoms with E-state index in [4.69, 9.17) is 5.26 Å². The van der Waals surface area contributed by atoms with Gasteiger partial charge in [0.05, 0.1) is 17.6 Å². The van der Waals surface area contributed by atoms with Crippen LogP contribution in [0.2, 0.25) is 0 Å². The SMILES string of the molecule is CCNc1ccc(C(=O)N(C)CC(C)C#N)cn1. The second-order valence-corrected chi connectivity index (χ2v) is 4.18. The molecule has 0 bridgehead atoms. The van der Waals surface area contributed by atoms with Crippen LogP contribution in [-0.2, 0) is 0 Å². The molecule has 5 nitrogen and oxygen atoms in total. The zero-order valence-corrected chi connectivity index (χ0v) is 11.0. The molecule has 1 atom stereocenters. The number of carbonyl (C=O) groups excluding carboxylic acids is 1. The number of nitrogens with one attached hydrogen (secondary N) is 1. The van der Waals surface area contributed by atoms with Crippen molar-refractivity contribution in [2.45, 2.75) is 13.8 Å². The van der Waals surface area contributed by atoms with Crippen LogP contribution in [0.5, 0.6) is 0 Å². The summed E-state index contributed by atoms with van der Waals surface area (Å²) >= 11 is 0. The first-order chi connectivity index (χ1) is 8.58. The van der Waals surface area contributed by atoms with E-state index in [1.165, 1.54) is 4.90 Å². The molecule has 0 aromatic carbocycles. The zero-order valence-electron chi connectivity index (χ0n) is 11.0. The van der Waals surface area contributed by atoms with E-state index >= 15 is 0 Å². The first kappa shape index (κ1) is 14.0. The van der Waals surface area contributed by atoms with Gasteiger partial charge >= 0.3 is 0 Å². The molecule has 0 aliphatic carbocycles. The maximum atomic E-state index is 12.0. The van der Waals surface area contributed by atoms with Crippen LogP contribution in [0.4, 0.5) is 5.82 Å². The summed E-state index contributed by atoms with van der Waals surface area (Å²) in [4.78, 5) is 17.7. The molecular weight excluding hydrogens is 228 g/mol. The summed E-state index contributed by atoms with van der Waals surface area (Å²) in [5, 5.41) is 11.8. The molecule has 18 heavy (non-hydrogen) atoms. The van der Waals surface area contributed by atoms with Crippen LogP contribution < -0.4 is 5.32 Å². The summed E-state index contributed by atoms with van der Waals surface area (Å²) < 4.78 is 0. The van der Waals surface area contributed by atoms with E-state index in [0.29, 0.717) is 12.1 Å². The summed E-state index contributed by atoms with van der Waals surface area (Å²) in [5.74, 6) is 0.461. The van der Waals surface area contributed by atoms with Crippen LogP contribution in [0.1, 0.15) is 24.2 Å². The topological polar surface area (TPSA) is 69.0 Å². The van der Waals surface area contributed by atoms with Crippen LogP contribution in [-0.4, -0.2) is 35.9 Å². The number of carbonyl (C=O) groups is 1. The first-order valence-electron chi connectivity index (χ1n) is 5.93. The van der Waals surface area contributed by atoms with Gasteiger partial charge in [-0.1, -0.05) is 0 Å². The van der Waals surface area contributed by atoms with Crippen LogP contribution in [0, 0.1) is 17.2 Å². The Bertz CT molecular complexity index is 435. The highest BCUT2D eigenvalue weighted by atomic mass is 16.2. The van der Waals surface area contributed by atoms with E-state index in [-0.39, 0.29) is 11.8 Å². The second kappa shape index (κ2) is 6.60. The third-order valence-electron chi connectivity index (χ3n) is 2.48. The average molecular weight is 246 g/mol. The number of nitriles is 1. The largest absolute Gasteiger partial charge is 0.370 e. The van der Waals surface area contributed by atoms with E-state index in [0.717, 1.165) is 12.4 Å². The minimum Gasteiger partial charge on any atom is -0.370 e. The van der Waals surface area contributed by atoms with Crippen molar-refractivity contribution in [3.63, 3.8) is 0 Å². The zero-order chi connectivity index (χ0) is 13.5. The molecule has 1 N–H and O–H groups in total. The quantitative estimate of drug-likeness (QED) is 0.859. The van der Waals surface area contributed by atoms with Gasteiger partial charge < -0.3 is 10.2 Å². The number of rotatable bonds is 5. The van der Waals surface area contributed by atoms with Gasteiger partial charge in [0.1, 0.15) is 5.82 Å². The molecule has 1 aromatic rings. The minimum atomic E-state index is -0.173. The van der Waals surface area contributed by atoms with Gasteiger partial charge in [0.25, 0.3) is 5.91 Å². The van der Waals surface area contributed by atoms with Crippen molar-refractivity contribution in [2.24, 2.45) is 5.92 Å². The average Bonchev–Trinajstić information content (AvgIpc) is 2.39. The van der Waals surface area contributed by atoms with Gasteiger partial charge in [-0.3, -0.25) is 4.79 Å². The van der Waals surface area contributed by atoms with Gasteiger partial charge in [-0.25, -0.2) is 4.98 Å². The smallest absolute Gasteiger partial charge is 0.255 e. The number of pyridine rings is 1. The Morgan fingerprint density at radius 3 is 2.83 bits per heavy atom. The number of anilines is 1. The Morgan fingerprint density at radius 1 is 1.61 bits per heavy atom. The van der Waals surface area contributed by atoms with Crippen LogP contribution >= 0.6 is 0 Å². The number of amides is 1. The fraction of sp³-hybridized carbons (Fsp3) is 0.462. The van der Waals surface area contributed by atoms with Crippen molar-refractivity contribution in [1.29, 1.82) is 5.26 Å². The van der Waals surface area contributed by atoms with Gasteiger partial charge in [-0.2, -0.15) is 5.26 Å². The molecule has 0 aliphatic rings. The summed E-state index contributed by atoms with van der Waals surface area (Å²) in [6.45, 7) is 4.98. The number of nitrogens with zero attached hydrogens (tertiary/aromatic N) is 3. The third-order valence-corrected chi connectivity index (χ3v) is 2.48. The molecule has 1 amide bonds. The van der Waals surface area contributed by atoms with Crippen molar-refractivity contribution < 1.29 is 4.79 Å². The molecule has 0 saturated carbocycles. The van der Waals surface area contributed by atoms with E-state index in [2.05, 4.69) is 16.4 Å². The second-order valence-electron chi connectivity index (χ2n) is 4.18. The molecule has 96 valence electrons. The molecule has 1 unspecified atom stereocenters. The Labute approximate surface area is 107 Å². The van der Waals surface area contributed by atoms with E-state index < -0.39 is 0 Å². The minimum absolute atomic E-state index is 0.118. The van der Waals surface area contributed by atoms with Crippen molar-refractivity contribution in [3.8, 4) is 6.07 Å². The van der Waals surface area contributed by atoms with Crippen LogP contribution in [0.3, 0.4) is 0 Å². The summed E-state index contributed by atoms with van der Waals surface area (Å²) in [7, 11) is 1.69. The Morgan fingerprint density at radius 2 is 2.33 bits per heavy atom. The van der Waals surface area contributed by atoms with Gasteiger partial charge in [0.2, 0.25) is 0 Å². The lowest BCUT2D eigenvalue weighted by Gasteiger charge is -2.18. The summed E-state index contributed by atoms with van der Waals surface area (Å²) in [6, 6.07) is 5.62. The molecule has 5 heteroatoms. The Balaban J connectivity index is 2.69. The highest BCUT2D eigenvalue weighted by Crippen LogP contribution is 2.08. The predicted molar refractivity (Wildman–Crippen MR) is 70.1 cm³/mol. The lowest BCUT2D eigenvalue weighted by Crippen LogP contribution is -2.30. The van der Waals surface area contributed by atoms with E-state index in [9.17, 15) is 4.79 Å².